The molecule has 0 heterocycles. The van der Waals surface area contributed by atoms with E-state index >= 15 is 0 Å². The Morgan fingerprint density at radius 2 is 1.52 bits per heavy atom. The Morgan fingerprint density at radius 3 is 1.90 bits per heavy atom. The van der Waals surface area contributed by atoms with Crippen LogP contribution in [0.4, 0.5) is 0 Å². The summed E-state index contributed by atoms with van der Waals surface area (Å²) >= 11 is 0. The molecule has 0 saturated heterocycles. The lowest BCUT2D eigenvalue weighted by Crippen LogP contribution is -2.43. The number of carbonyl (C=O) groups is 3. The van der Waals surface area contributed by atoms with Gasteiger partial charge in [-0.2, -0.15) is 0 Å². The maximum Gasteiger partial charge on any atom is 0.329 e. The van der Waals surface area contributed by atoms with Crippen molar-refractivity contribution in [3.05, 3.63) is 35.4 Å². The van der Waals surface area contributed by atoms with E-state index in [1.165, 1.54) is 12.1 Å². The second kappa shape index (κ2) is 5.55. The summed E-state index contributed by atoms with van der Waals surface area (Å²) in [7, 11) is 0. The van der Waals surface area contributed by atoms with Gasteiger partial charge in [0.2, 0.25) is 0 Å². The molecule has 6 nitrogen and oxygen atoms in total. The third kappa shape index (κ3) is 3.39. The predicted octanol–water partition coefficient (Wildman–Crippen LogP) is 1.17. The minimum absolute atomic E-state index is 0.0331. The van der Waals surface area contributed by atoms with E-state index in [0.29, 0.717) is 24.0 Å². The third-order valence-electron chi connectivity index (χ3n) is 3.34. The molecule has 1 fully saturated rings. The molecule has 0 unspecified atom stereocenters. The molecule has 1 aliphatic carbocycles. The van der Waals surface area contributed by atoms with Gasteiger partial charge in [-0.05, 0) is 51.0 Å². The van der Waals surface area contributed by atoms with Crippen LogP contribution in [0, 0.1) is 0 Å². The molecular formula is C15H18N2O4. The fraction of sp³-hybridized carbons (Fsp3) is 0.400. The molecule has 1 aromatic carbocycles. The van der Waals surface area contributed by atoms with Gasteiger partial charge in [-0.15, -0.1) is 0 Å². The molecule has 0 radical (unpaired) electrons. The highest BCUT2D eigenvalue weighted by Crippen LogP contribution is 2.35. The zero-order chi connectivity index (χ0) is 15.6. The van der Waals surface area contributed by atoms with Crippen LogP contribution in [-0.2, 0) is 4.79 Å². The summed E-state index contributed by atoms with van der Waals surface area (Å²) in [6.07, 6.45) is 0.895. The Labute approximate surface area is 122 Å². The molecule has 2 amide bonds. The third-order valence-corrected chi connectivity index (χ3v) is 3.34. The molecule has 6 heteroatoms. The molecule has 2 rings (SSSR count). The fourth-order valence-electron chi connectivity index (χ4n) is 1.93. The van der Waals surface area contributed by atoms with Gasteiger partial charge < -0.3 is 15.7 Å². The number of rotatable bonds is 5. The van der Waals surface area contributed by atoms with E-state index in [2.05, 4.69) is 10.6 Å². The van der Waals surface area contributed by atoms with Gasteiger partial charge in [0, 0.05) is 17.2 Å². The quantitative estimate of drug-likeness (QED) is 0.758. The number of hydrogen-bond donors (Lipinski definition) is 3. The summed E-state index contributed by atoms with van der Waals surface area (Å²) < 4.78 is 0. The predicted molar refractivity (Wildman–Crippen MR) is 76.1 cm³/mol. The molecular weight excluding hydrogens is 272 g/mol. The van der Waals surface area contributed by atoms with E-state index < -0.39 is 17.4 Å². The van der Waals surface area contributed by atoms with Crippen LogP contribution in [-0.4, -0.2) is 34.5 Å². The summed E-state index contributed by atoms with van der Waals surface area (Å²) in [6.45, 7) is 3.72. The molecule has 0 atom stereocenters. The number of carboxylic acid groups (broad SMARTS) is 1. The minimum atomic E-state index is -1.11. The minimum Gasteiger partial charge on any atom is -0.480 e. The molecule has 0 aromatic heterocycles. The Bertz CT molecular complexity index is 574. The molecule has 1 aromatic rings. The number of carbonyl (C=O) groups excluding carboxylic acids is 2. The van der Waals surface area contributed by atoms with Crippen molar-refractivity contribution in [2.45, 2.75) is 38.3 Å². The Morgan fingerprint density at radius 1 is 1.05 bits per heavy atom. The van der Waals surface area contributed by atoms with Crippen LogP contribution in [0.15, 0.2) is 24.3 Å². The lowest BCUT2D eigenvalue weighted by Gasteiger charge is -2.13. The van der Waals surface area contributed by atoms with Crippen LogP contribution < -0.4 is 10.6 Å². The van der Waals surface area contributed by atoms with Gasteiger partial charge in [0.1, 0.15) is 5.54 Å². The highest BCUT2D eigenvalue weighted by molar-refractivity contribution is 6.00. The molecule has 3 N–H and O–H groups in total. The molecule has 1 aliphatic rings. The Kier molecular flexibility index (Phi) is 3.97. The zero-order valence-electron chi connectivity index (χ0n) is 12.0. The van der Waals surface area contributed by atoms with E-state index in [1.807, 2.05) is 13.8 Å². The SMILES string of the molecule is CC(C)NC(=O)c1ccc(C(=O)NC2(C(=O)O)CC2)cc1. The highest BCUT2D eigenvalue weighted by atomic mass is 16.4. The smallest absolute Gasteiger partial charge is 0.329 e. The molecule has 1 saturated carbocycles. The van der Waals surface area contributed by atoms with Gasteiger partial charge in [0.25, 0.3) is 11.8 Å². The van der Waals surface area contributed by atoms with E-state index in [4.69, 9.17) is 5.11 Å². The summed E-state index contributed by atoms with van der Waals surface area (Å²) in [6, 6.07) is 6.16. The molecule has 0 spiro atoms. The first-order valence-electron chi connectivity index (χ1n) is 6.81. The van der Waals surface area contributed by atoms with Gasteiger partial charge in [-0.3, -0.25) is 9.59 Å². The second-order valence-corrected chi connectivity index (χ2v) is 5.55. The van der Waals surface area contributed by atoms with Crippen molar-refractivity contribution in [3.63, 3.8) is 0 Å². The van der Waals surface area contributed by atoms with Crippen LogP contribution in [0.2, 0.25) is 0 Å². The zero-order valence-corrected chi connectivity index (χ0v) is 12.0. The lowest BCUT2D eigenvalue weighted by atomic mass is 10.1. The highest BCUT2D eigenvalue weighted by Gasteiger charge is 2.51. The first kappa shape index (κ1) is 15.0. The van der Waals surface area contributed by atoms with Gasteiger partial charge in [0.05, 0.1) is 0 Å². The lowest BCUT2D eigenvalue weighted by molar-refractivity contribution is -0.140. The maximum atomic E-state index is 12.0. The molecule has 0 aliphatic heterocycles. The average molecular weight is 290 g/mol. The summed E-state index contributed by atoms with van der Waals surface area (Å²) in [5.41, 5.74) is -0.312. The fourth-order valence-corrected chi connectivity index (χ4v) is 1.93. The first-order valence-corrected chi connectivity index (χ1v) is 6.81. The van der Waals surface area contributed by atoms with Crippen molar-refractivity contribution < 1.29 is 19.5 Å². The molecule has 0 bridgehead atoms. The van der Waals surface area contributed by atoms with Crippen LogP contribution >= 0.6 is 0 Å². The van der Waals surface area contributed by atoms with E-state index in [0.717, 1.165) is 0 Å². The number of aliphatic carboxylic acids is 1. The van der Waals surface area contributed by atoms with Crippen molar-refractivity contribution in [2.24, 2.45) is 0 Å². The molecule has 112 valence electrons. The first-order chi connectivity index (χ1) is 9.84. The van der Waals surface area contributed by atoms with Crippen molar-refractivity contribution in [1.82, 2.24) is 10.6 Å². The number of benzene rings is 1. The Hall–Kier alpha value is -2.37. The Balaban J connectivity index is 2.04. The van der Waals surface area contributed by atoms with E-state index in [9.17, 15) is 14.4 Å². The van der Waals surface area contributed by atoms with E-state index in [-0.39, 0.29) is 11.9 Å². The van der Waals surface area contributed by atoms with Gasteiger partial charge in [0.15, 0.2) is 0 Å². The monoisotopic (exact) mass is 290 g/mol. The number of carboxylic acids is 1. The van der Waals surface area contributed by atoms with Crippen molar-refractivity contribution in [1.29, 1.82) is 0 Å². The van der Waals surface area contributed by atoms with Crippen molar-refractivity contribution >= 4 is 17.8 Å². The number of nitrogens with one attached hydrogen (secondary N) is 2. The second-order valence-electron chi connectivity index (χ2n) is 5.55. The largest absolute Gasteiger partial charge is 0.480 e. The van der Waals surface area contributed by atoms with Crippen LogP contribution in [0.1, 0.15) is 47.4 Å². The summed E-state index contributed by atoms with van der Waals surface area (Å²) in [5.74, 6) is -1.66. The van der Waals surface area contributed by atoms with Gasteiger partial charge in [-0.1, -0.05) is 0 Å². The van der Waals surface area contributed by atoms with E-state index in [1.54, 1.807) is 12.1 Å². The number of hydrogen-bond acceptors (Lipinski definition) is 3. The van der Waals surface area contributed by atoms with Gasteiger partial charge >= 0.3 is 5.97 Å². The van der Waals surface area contributed by atoms with Crippen molar-refractivity contribution in [3.8, 4) is 0 Å². The maximum absolute atomic E-state index is 12.0. The average Bonchev–Trinajstić information content (AvgIpc) is 3.19. The molecule has 21 heavy (non-hydrogen) atoms. The van der Waals surface area contributed by atoms with Crippen LogP contribution in [0.5, 0.6) is 0 Å². The van der Waals surface area contributed by atoms with Gasteiger partial charge in [-0.25, -0.2) is 4.79 Å². The summed E-state index contributed by atoms with van der Waals surface area (Å²) in [4.78, 5) is 34.8. The van der Waals surface area contributed by atoms with Crippen LogP contribution in [0.25, 0.3) is 0 Å². The topological polar surface area (TPSA) is 95.5 Å². The standard InChI is InChI=1S/C15H18N2O4/c1-9(2)16-12(18)10-3-5-11(6-4-10)13(19)17-15(7-8-15)14(20)21/h3-6,9H,7-8H2,1-2H3,(H,16,18)(H,17,19)(H,20,21). The van der Waals surface area contributed by atoms with Crippen molar-refractivity contribution in [2.75, 3.05) is 0 Å². The summed E-state index contributed by atoms with van der Waals surface area (Å²) in [5, 5.41) is 14.3. The number of amides is 2. The normalized spacial score (nSPS) is 15.4. The van der Waals surface area contributed by atoms with Crippen LogP contribution in [0.3, 0.4) is 0 Å².